The van der Waals surface area contributed by atoms with Crippen LogP contribution in [-0.2, 0) is 6.61 Å². The Morgan fingerprint density at radius 3 is 2.94 bits per heavy atom. The lowest BCUT2D eigenvalue weighted by atomic mass is 10.2. The van der Waals surface area contributed by atoms with Crippen LogP contribution in [0.3, 0.4) is 0 Å². The van der Waals surface area contributed by atoms with Crippen molar-refractivity contribution in [3.63, 3.8) is 0 Å². The summed E-state index contributed by atoms with van der Waals surface area (Å²) < 4.78 is 2.03. The molecule has 0 atom stereocenters. The zero-order valence-corrected chi connectivity index (χ0v) is 10.1. The molecule has 0 amide bonds. The molecule has 1 heterocycles. The van der Waals surface area contributed by atoms with Gasteiger partial charge in [0.05, 0.1) is 10.7 Å². The monoisotopic (exact) mass is 255 g/mol. The maximum absolute atomic E-state index is 9.15. The van der Waals surface area contributed by atoms with Crippen molar-refractivity contribution < 1.29 is 5.11 Å². The number of halogens is 1. The minimum absolute atomic E-state index is 0.197. The number of aromatic amines is 1. The SMILES string of the molecule is Cc1ccc(-n2c(CO)n[nH]c2=S)c(Cl)c1. The molecular weight excluding hydrogens is 246 g/mol. The van der Waals surface area contributed by atoms with Crippen molar-refractivity contribution in [3.8, 4) is 5.69 Å². The number of hydrogen-bond donors (Lipinski definition) is 2. The Morgan fingerprint density at radius 2 is 2.31 bits per heavy atom. The predicted molar refractivity (Wildman–Crippen MR) is 64.4 cm³/mol. The van der Waals surface area contributed by atoms with Crippen LogP contribution in [0.1, 0.15) is 11.4 Å². The van der Waals surface area contributed by atoms with E-state index in [1.54, 1.807) is 4.57 Å². The molecule has 6 heteroatoms. The first-order valence-electron chi connectivity index (χ1n) is 4.67. The first-order chi connectivity index (χ1) is 7.63. The standard InChI is InChI=1S/C10H10ClN3OS/c1-6-2-3-8(7(11)4-6)14-9(5-15)12-13-10(14)16/h2-4,15H,5H2,1H3,(H,13,16). The first-order valence-corrected chi connectivity index (χ1v) is 5.46. The molecule has 2 N–H and O–H groups in total. The van der Waals surface area contributed by atoms with Crippen LogP contribution in [0.2, 0.25) is 5.02 Å². The minimum Gasteiger partial charge on any atom is -0.388 e. The molecule has 1 aromatic heterocycles. The average Bonchev–Trinajstić information content (AvgIpc) is 2.60. The van der Waals surface area contributed by atoms with Crippen LogP contribution in [0.25, 0.3) is 5.69 Å². The van der Waals surface area contributed by atoms with Crippen LogP contribution in [0.5, 0.6) is 0 Å². The van der Waals surface area contributed by atoms with Crippen molar-refractivity contribution in [1.82, 2.24) is 14.8 Å². The van der Waals surface area contributed by atoms with E-state index in [9.17, 15) is 0 Å². The van der Waals surface area contributed by atoms with E-state index in [1.807, 2.05) is 25.1 Å². The van der Waals surface area contributed by atoms with Crippen LogP contribution < -0.4 is 0 Å². The molecule has 0 aliphatic rings. The Kier molecular flexibility index (Phi) is 3.09. The molecule has 0 aliphatic heterocycles. The summed E-state index contributed by atoms with van der Waals surface area (Å²) in [5, 5.41) is 16.3. The molecule has 0 unspecified atom stereocenters. The highest BCUT2D eigenvalue weighted by atomic mass is 35.5. The van der Waals surface area contributed by atoms with Crippen molar-refractivity contribution >= 4 is 23.8 Å². The zero-order chi connectivity index (χ0) is 11.7. The fourth-order valence-electron chi connectivity index (χ4n) is 1.48. The minimum atomic E-state index is -0.197. The number of aryl methyl sites for hydroxylation is 1. The molecule has 0 bridgehead atoms. The van der Waals surface area contributed by atoms with Crippen molar-refractivity contribution in [2.24, 2.45) is 0 Å². The lowest BCUT2D eigenvalue weighted by molar-refractivity contribution is 0.269. The van der Waals surface area contributed by atoms with Crippen LogP contribution in [-0.4, -0.2) is 19.9 Å². The number of aliphatic hydroxyl groups excluding tert-OH is 1. The van der Waals surface area contributed by atoms with Gasteiger partial charge < -0.3 is 5.11 Å². The van der Waals surface area contributed by atoms with Gasteiger partial charge in [-0.25, -0.2) is 0 Å². The van der Waals surface area contributed by atoms with Crippen LogP contribution in [0.4, 0.5) is 0 Å². The maximum Gasteiger partial charge on any atom is 0.199 e. The van der Waals surface area contributed by atoms with Gasteiger partial charge >= 0.3 is 0 Å². The molecule has 0 fully saturated rings. The number of rotatable bonds is 2. The molecule has 0 aliphatic carbocycles. The maximum atomic E-state index is 9.15. The fraction of sp³-hybridized carbons (Fsp3) is 0.200. The van der Waals surface area contributed by atoms with Crippen LogP contribution in [0.15, 0.2) is 18.2 Å². The van der Waals surface area contributed by atoms with E-state index < -0.39 is 0 Å². The van der Waals surface area contributed by atoms with E-state index in [4.69, 9.17) is 28.9 Å². The molecule has 2 rings (SSSR count). The summed E-state index contributed by atoms with van der Waals surface area (Å²) in [6.07, 6.45) is 0. The van der Waals surface area contributed by atoms with E-state index in [-0.39, 0.29) is 6.61 Å². The summed E-state index contributed by atoms with van der Waals surface area (Å²) in [7, 11) is 0. The third-order valence-electron chi connectivity index (χ3n) is 2.23. The molecule has 2 aromatic rings. The Balaban J connectivity index is 2.67. The van der Waals surface area contributed by atoms with E-state index in [0.717, 1.165) is 11.3 Å². The molecular formula is C10H10ClN3OS. The highest BCUT2D eigenvalue weighted by Crippen LogP contribution is 2.22. The molecule has 0 radical (unpaired) electrons. The molecule has 0 saturated carbocycles. The van der Waals surface area contributed by atoms with Gasteiger partial charge in [-0.3, -0.25) is 9.67 Å². The Morgan fingerprint density at radius 1 is 1.56 bits per heavy atom. The number of benzene rings is 1. The van der Waals surface area contributed by atoms with E-state index >= 15 is 0 Å². The van der Waals surface area contributed by atoms with Gasteiger partial charge in [-0.1, -0.05) is 17.7 Å². The highest BCUT2D eigenvalue weighted by Gasteiger charge is 2.10. The third kappa shape index (κ3) is 1.89. The third-order valence-corrected chi connectivity index (χ3v) is 2.80. The highest BCUT2D eigenvalue weighted by molar-refractivity contribution is 7.71. The zero-order valence-electron chi connectivity index (χ0n) is 8.57. The van der Waals surface area contributed by atoms with Gasteiger partial charge in [-0.05, 0) is 36.8 Å². The normalized spacial score (nSPS) is 10.7. The van der Waals surface area contributed by atoms with Gasteiger partial charge in [0, 0.05) is 0 Å². The smallest absolute Gasteiger partial charge is 0.199 e. The Bertz CT molecular complexity index is 576. The molecule has 1 aromatic carbocycles. The average molecular weight is 256 g/mol. The largest absolute Gasteiger partial charge is 0.388 e. The second kappa shape index (κ2) is 4.37. The summed E-state index contributed by atoms with van der Waals surface area (Å²) in [5.74, 6) is 0.441. The Labute approximate surface area is 103 Å². The van der Waals surface area contributed by atoms with Gasteiger partial charge in [-0.15, -0.1) is 0 Å². The quantitative estimate of drug-likeness (QED) is 0.811. The predicted octanol–water partition coefficient (Wildman–Crippen LogP) is 2.38. The summed E-state index contributed by atoms with van der Waals surface area (Å²) in [5.41, 5.74) is 1.78. The molecule has 4 nitrogen and oxygen atoms in total. The number of aliphatic hydroxyl groups is 1. The molecule has 0 spiro atoms. The molecule has 0 saturated heterocycles. The van der Waals surface area contributed by atoms with Gasteiger partial charge in [0.25, 0.3) is 0 Å². The fourth-order valence-corrected chi connectivity index (χ4v) is 2.05. The molecule has 84 valence electrons. The van der Waals surface area contributed by atoms with Gasteiger partial charge in [-0.2, -0.15) is 5.10 Å². The summed E-state index contributed by atoms with van der Waals surface area (Å²) >= 11 is 11.2. The van der Waals surface area contributed by atoms with Crippen molar-refractivity contribution in [3.05, 3.63) is 39.4 Å². The number of H-pyrrole nitrogens is 1. The molecule has 16 heavy (non-hydrogen) atoms. The topological polar surface area (TPSA) is 53.8 Å². The summed E-state index contributed by atoms with van der Waals surface area (Å²) in [6.45, 7) is 1.76. The summed E-state index contributed by atoms with van der Waals surface area (Å²) in [4.78, 5) is 0. The van der Waals surface area contributed by atoms with Crippen molar-refractivity contribution in [2.75, 3.05) is 0 Å². The van der Waals surface area contributed by atoms with Crippen molar-refractivity contribution in [1.29, 1.82) is 0 Å². The second-order valence-electron chi connectivity index (χ2n) is 3.39. The van der Waals surface area contributed by atoms with Gasteiger partial charge in [0.2, 0.25) is 0 Å². The van der Waals surface area contributed by atoms with Gasteiger partial charge in [0.15, 0.2) is 10.6 Å². The number of aromatic nitrogens is 3. The van der Waals surface area contributed by atoms with E-state index in [1.165, 1.54) is 0 Å². The van der Waals surface area contributed by atoms with Gasteiger partial charge in [0.1, 0.15) is 6.61 Å². The van der Waals surface area contributed by atoms with Crippen LogP contribution >= 0.6 is 23.8 Å². The Hall–Kier alpha value is -1.17. The lowest BCUT2D eigenvalue weighted by Gasteiger charge is -2.07. The number of nitrogens with one attached hydrogen (secondary N) is 1. The van der Waals surface area contributed by atoms with Crippen LogP contribution in [0, 0.1) is 11.7 Å². The first kappa shape index (κ1) is 11.3. The van der Waals surface area contributed by atoms with Crippen molar-refractivity contribution in [2.45, 2.75) is 13.5 Å². The second-order valence-corrected chi connectivity index (χ2v) is 4.19. The van der Waals surface area contributed by atoms with E-state index in [2.05, 4.69) is 10.2 Å². The number of nitrogens with zero attached hydrogens (tertiary/aromatic N) is 2. The summed E-state index contributed by atoms with van der Waals surface area (Å²) in [6, 6.07) is 5.62. The lowest BCUT2D eigenvalue weighted by Crippen LogP contribution is -2.02. The number of hydrogen-bond acceptors (Lipinski definition) is 3. The van der Waals surface area contributed by atoms with E-state index in [0.29, 0.717) is 15.6 Å².